The Morgan fingerprint density at radius 3 is 2.95 bits per heavy atom. The number of nitrogens with zero attached hydrogens (tertiary/aromatic N) is 1. The molecule has 1 N–H and O–H groups in total. The van der Waals surface area contributed by atoms with E-state index in [2.05, 4.69) is 10.2 Å². The first kappa shape index (κ1) is 13.3. The molecule has 4 heteroatoms. The highest BCUT2D eigenvalue weighted by molar-refractivity contribution is 6.30. The lowest BCUT2D eigenvalue weighted by Crippen LogP contribution is -2.44. The number of rotatable bonds is 3. The number of hydrogen-bond acceptors (Lipinski definition) is 2. The van der Waals surface area contributed by atoms with Crippen LogP contribution in [0.15, 0.2) is 18.2 Å². The molecule has 0 saturated carbocycles. The zero-order valence-electron chi connectivity index (χ0n) is 11.0. The summed E-state index contributed by atoms with van der Waals surface area (Å²) in [7, 11) is 0. The second-order valence-electron chi connectivity index (χ2n) is 5.65. The molecule has 3 rings (SSSR count). The number of hydrogen-bond donors (Lipinski definition) is 1. The van der Waals surface area contributed by atoms with Crippen LogP contribution in [0.5, 0.6) is 0 Å². The smallest absolute Gasteiger partial charge is 0.125 e. The summed E-state index contributed by atoms with van der Waals surface area (Å²) in [6.07, 6.45) is 5.17. The van der Waals surface area contributed by atoms with Crippen molar-refractivity contribution in [1.82, 2.24) is 10.2 Å². The third-order valence-electron chi connectivity index (χ3n) is 4.35. The van der Waals surface area contributed by atoms with Crippen LogP contribution in [-0.4, -0.2) is 30.1 Å². The Labute approximate surface area is 118 Å². The molecular formula is C15H20ClFN2. The molecular weight excluding hydrogens is 263 g/mol. The maximum atomic E-state index is 13.3. The topological polar surface area (TPSA) is 15.3 Å². The van der Waals surface area contributed by atoms with Gasteiger partial charge in [0.2, 0.25) is 0 Å². The fourth-order valence-electron chi connectivity index (χ4n) is 3.45. The van der Waals surface area contributed by atoms with Gasteiger partial charge in [-0.1, -0.05) is 18.0 Å². The van der Waals surface area contributed by atoms with Gasteiger partial charge in [-0.15, -0.1) is 0 Å². The van der Waals surface area contributed by atoms with Gasteiger partial charge in [0.15, 0.2) is 0 Å². The SMILES string of the molecule is Fc1cc(Cl)cc(CNC2CCN3CCCCC23)c1. The number of piperidine rings is 1. The number of fused-ring (bicyclic) bond motifs is 1. The highest BCUT2D eigenvalue weighted by Gasteiger charge is 2.34. The van der Waals surface area contributed by atoms with Crippen molar-refractivity contribution in [3.05, 3.63) is 34.6 Å². The third-order valence-corrected chi connectivity index (χ3v) is 4.56. The summed E-state index contributed by atoms with van der Waals surface area (Å²) in [6.45, 7) is 3.15. The molecule has 0 radical (unpaired) electrons. The fraction of sp³-hybridized carbons (Fsp3) is 0.600. The van der Waals surface area contributed by atoms with Crippen molar-refractivity contribution < 1.29 is 4.39 Å². The lowest BCUT2D eigenvalue weighted by Gasteiger charge is -2.32. The van der Waals surface area contributed by atoms with E-state index in [-0.39, 0.29) is 5.82 Å². The van der Waals surface area contributed by atoms with E-state index >= 15 is 0 Å². The van der Waals surface area contributed by atoms with Crippen molar-refractivity contribution in [1.29, 1.82) is 0 Å². The van der Waals surface area contributed by atoms with E-state index in [1.165, 1.54) is 44.8 Å². The molecule has 2 aliphatic heterocycles. The second-order valence-corrected chi connectivity index (χ2v) is 6.09. The second kappa shape index (κ2) is 5.78. The van der Waals surface area contributed by atoms with Crippen LogP contribution in [-0.2, 0) is 6.54 Å². The minimum Gasteiger partial charge on any atom is -0.308 e. The van der Waals surface area contributed by atoms with E-state index in [1.807, 2.05) is 6.07 Å². The molecule has 2 heterocycles. The van der Waals surface area contributed by atoms with E-state index < -0.39 is 0 Å². The number of halogens is 2. The van der Waals surface area contributed by atoms with E-state index in [0.29, 0.717) is 23.7 Å². The Balaban J connectivity index is 1.60. The number of benzene rings is 1. The van der Waals surface area contributed by atoms with Gasteiger partial charge in [0.05, 0.1) is 0 Å². The summed E-state index contributed by atoms with van der Waals surface area (Å²) in [5, 5.41) is 4.06. The highest BCUT2D eigenvalue weighted by Crippen LogP contribution is 2.27. The molecule has 19 heavy (non-hydrogen) atoms. The van der Waals surface area contributed by atoms with Crippen molar-refractivity contribution in [2.75, 3.05) is 13.1 Å². The van der Waals surface area contributed by atoms with Crippen LogP contribution >= 0.6 is 11.6 Å². The summed E-state index contributed by atoms with van der Waals surface area (Å²) in [5.74, 6) is -0.255. The molecule has 2 saturated heterocycles. The summed E-state index contributed by atoms with van der Waals surface area (Å²) in [6, 6.07) is 5.97. The normalized spacial score (nSPS) is 27.5. The molecule has 2 unspecified atom stereocenters. The van der Waals surface area contributed by atoms with Crippen LogP contribution in [0, 0.1) is 5.82 Å². The van der Waals surface area contributed by atoms with Crippen molar-refractivity contribution in [3.8, 4) is 0 Å². The molecule has 0 bridgehead atoms. The van der Waals surface area contributed by atoms with Crippen LogP contribution in [0.2, 0.25) is 5.02 Å². The molecule has 2 fully saturated rings. The lowest BCUT2D eigenvalue weighted by atomic mass is 9.99. The van der Waals surface area contributed by atoms with Gasteiger partial charge in [-0.3, -0.25) is 4.90 Å². The van der Waals surface area contributed by atoms with Crippen molar-refractivity contribution in [2.45, 2.75) is 44.3 Å². The lowest BCUT2D eigenvalue weighted by molar-refractivity contribution is 0.180. The van der Waals surface area contributed by atoms with Gasteiger partial charge < -0.3 is 5.32 Å². The van der Waals surface area contributed by atoms with Crippen molar-refractivity contribution in [3.63, 3.8) is 0 Å². The molecule has 2 aliphatic rings. The van der Waals surface area contributed by atoms with Crippen LogP contribution < -0.4 is 5.32 Å². The minimum atomic E-state index is -0.255. The summed E-state index contributed by atoms with van der Waals surface area (Å²) in [5.41, 5.74) is 0.930. The monoisotopic (exact) mass is 282 g/mol. The van der Waals surface area contributed by atoms with E-state index in [1.54, 1.807) is 6.07 Å². The molecule has 0 spiro atoms. The predicted octanol–water partition coefficient (Wildman–Crippen LogP) is 3.20. The van der Waals surface area contributed by atoms with Crippen LogP contribution in [0.4, 0.5) is 4.39 Å². The largest absolute Gasteiger partial charge is 0.308 e. The van der Waals surface area contributed by atoms with Crippen molar-refractivity contribution >= 4 is 11.6 Å². The summed E-state index contributed by atoms with van der Waals surface area (Å²) in [4.78, 5) is 2.60. The van der Waals surface area contributed by atoms with Crippen molar-refractivity contribution in [2.24, 2.45) is 0 Å². The highest BCUT2D eigenvalue weighted by atomic mass is 35.5. The molecule has 1 aromatic rings. The Morgan fingerprint density at radius 2 is 2.11 bits per heavy atom. The maximum Gasteiger partial charge on any atom is 0.125 e. The zero-order chi connectivity index (χ0) is 13.2. The van der Waals surface area contributed by atoms with Gasteiger partial charge >= 0.3 is 0 Å². The van der Waals surface area contributed by atoms with Crippen LogP contribution in [0.25, 0.3) is 0 Å². The summed E-state index contributed by atoms with van der Waals surface area (Å²) >= 11 is 5.88. The molecule has 2 atom stereocenters. The maximum absolute atomic E-state index is 13.3. The summed E-state index contributed by atoms with van der Waals surface area (Å²) < 4.78 is 13.3. The third kappa shape index (κ3) is 3.10. The number of nitrogens with one attached hydrogen (secondary N) is 1. The molecule has 104 valence electrons. The van der Waals surface area contributed by atoms with Gasteiger partial charge in [0, 0.05) is 30.2 Å². The predicted molar refractivity (Wildman–Crippen MR) is 75.9 cm³/mol. The average molecular weight is 283 g/mol. The van der Waals surface area contributed by atoms with Gasteiger partial charge in [-0.05, 0) is 49.6 Å². The Kier molecular flexibility index (Phi) is 4.06. The Bertz CT molecular complexity index is 432. The first-order valence-corrected chi connectivity index (χ1v) is 7.52. The molecule has 1 aromatic carbocycles. The first-order chi connectivity index (χ1) is 9.22. The van der Waals surface area contributed by atoms with E-state index in [9.17, 15) is 4.39 Å². The Morgan fingerprint density at radius 1 is 1.21 bits per heavy atom. The van der Waals surface area contributed by atoms with Crippen LogP contribution in [0.1, 0.15) is 31.2 Å². The fourth-order valence-corrected chi connectivity index (χ4v) is 3.69. The average Bonchev–Trinajstić information content (AvgIpc) is 2.78. The zero-order valence-corrected chi connectivity index (χ0v) is 11.8. The van der Waals surface area contributed by atoms with E-state index in [4.69, 9.17) is 11.6 Å². The van der Waals surface area contributed by atoms with Gasteiger partial charge in [-0.25, -0.2) is 4.39 Å². The van der Waals surface area contributed by atoms with Crippen LogP contribution in [0.3, 0.4) is 0 Å². The molecule has 0 amide bonds. The van der Waals surface area contributed by atoms with Gasteiger partial charge in [0.1, 0.15) is 5.82 Å². The minimum absolute atomic E-state index is 0.255. The quantitative estimate of drug-likeness (QED) is 0.916. The first-order valence-electron chi connectivity index (χ1n) is 7.15. The van der Waals surface area contributed by atoms with Gasteiger partial charge in [0.25, 0.3) is 0 Å². The molecule has 2 nitrogen and oxygen atoms in total. The standard InChI is InChI=1S/C15H20ClFN2/c16-12-7-11(8-13(17)9-12)10-18-14-4-6-19-5-2-1-3-15(14)19/h7-9,14-15,18H,1-6,10H2. The molecule has 0 aromatic heterocycles. The van der Waals surface area contributed by atoms with Gasteiger partial charge in [-0.2, -0.15) is 0 Å². The molecule has 0 aliphatic carbocycles. The van der Waals surface area contributed by atoms with E-state index in [0.717, 1.165) is 5.56 Å². The Hall–Kier alpha value is -0.640.